The molecule has 2 aromatic rings. The van der Waals surface area contributed by atoms with Crippen LogP contribution in [0.4, 0.5) is 0 Å². The minimum Gasteiger partial charge on any atom is -0.370 e. The molecule has 0 fully saturated rings. The van der Waals surface area contributed by atoms with E-state index in [9.17, 15) is 67.1 Å². The first-order valence-electron chi connectivity index (χ1n) is 31.0. The van der Waals surface area contributed by atoms with Gasteiger partial charge in [-0.1, -0.05) is 57.2 Å². The third-order valence-corrected chi connectivity index (χ3v) is 16.0. The summed E-state index contributed by atoms with van der Waals surface area (Å²) in [4.78, 5) is 191. The van der Waals surface area contributed by atoms with Crippen LogP contribution in [0.3, 0.4) is 0 Å². The Morgan fingerprint density at radius 3 is 1.81 bits per heavy atom. The van der Waals surface area contributed by atoms with Crippen LogP contribution in [-0.4, -0.2) is 147 Å². The fourth-order valence-corrected chi connectivity index (χ4v) is 10.2. The van der Waals surface area contributed by atoms with E-state index in [1.807, 2.05) is 38.1 Å². The molecule has 26 heteroatoms. The number of aromatic amines is 1. The van der Waals surface area contributed by atoms with E-state index in [-0.39, 0.29) is 81.8 Å². The van der Waals surface area contributed by atoms with Gasteiger partial charge in [0.05, 0.1) is 36.1 Å². The van der Waals surface area contributed by atoms with Gasteiger partial charge in [0.25, 0.3) is 0 Å². The van der Waals surface area contributed by atoms with Crippen LogP contribution >= 0.6 is 0 Å². The number of ketones is 6. The molecule has 0 saturated carbocycles. The van der Waals surface area contributed by atoms with Gasteiger partial charge in [-0.3, -0.25) is 67.1 Å². The van der Waals surface area contributed by atoms with Gasteiger partial charge in [0.15, 0.2) is 0 Å². The number of nitrogens with two attached hydrogens (primary N) is 2. The lowest BCUT2D eigenvalue weighted by molar-refractivity contribution is -0.141. The van der Waals surface area contributed by atoms with Gasteiger partial charge in [0, 0.05) is 67.1 Å². The largest absolute Gasteiger partial charge is 0.370 e. The number of carbonyl (C=O) groups excluding carboxylic acids is 14. The van der Waals surface area contributed by atoms with E-state index in [1.165, 1.54) is 62.3 Å². The molecule has 0 saturated heterocycles. The highest BCUT2D eigenvalue weighted by molar-refractivity contribution is 6.41. The first-order valence-corrected chi connectivity index (χ1v) is 31.0. The Kier molecular flexibility index (Phi) is 30.7. The smallest absolute Gasteiger partial charge is 0.246 e. The molecule has 0 bridgehead atoms. The number of para-hydroxylation sites is 1. The van der Waals surface area contributed by atoms with Crippen LogP contribution in [0.25, 0.3) is 10.9 Å². The number of carbonyl (C=O) groups is 14. The van der Waals surface area contributed by atoms with E-state index in [2.05, 4.69) is 76.7 Å². The van der Waals surface area contributed by atoms with Gasteiger partial charge >= 0.3 is 0 Å². The van der Waals surface area contributed by atoms with E-state index in [1.54, 1.807) is 13.1 Å². The predicted molar refractivity (Wildman–Crippen MR) is 339 cm³/mol. The number of H-pyrrole nitrogens is 1. The summed E-state index contributed by atoms with van der Waals surface area (Å²) in [6.45, 7) is 17.3. The number of Topliss-reactive ketones (excluding diaryl/α,β-unsaturated/α-hetero) is 6. The van der Waals surface area contributed by atoms with Gasteiger partial charge in [-0.2, -0.15) is 0 Å². The summed E-state index contributed by atoms with van der Waals surface area (Å²) in [6, 6.07) is -2.60. The highest BCUT2D eigenvalue weighted by Crippen LogP contribution is 2.34. The Hall–Kier alpha value is -8.46. The minimum atomic E-state index is -1.74. The van der Waals surface area contributed by atoms with Gasteiger partial charge in [0.1, 0.15) is 35.2 Å². The molecule has 1 aliphatic heterocycles. The molecule has 1 aromatic heterocycles. The number of benzene rings is 1. The van der Waals surface area contributed by atoms with Crippen molar-refractivity contribution in [3.63, 3.8) is 0 Å². The monoisotopic (exact) mass is 1270 g/mol. The highest BCUT2D eigenvalue weighted by Gasteiger charge is 2.41. The second-order valence-corrected chi connectivity index (χ2v) is 24.8. The van der Waals surface area contributed by atoms with Crippen LogP contribution in [0.5, 0.6) is 0 Å². The van der Waals surface area contributed by atoms with Crippen LogP contribution in [0, 0.1) is 46.9 Å². The summed E-state index contributed by atoms with van der Waals surface area (Å²) in [5, 5.41) is 19.2. The maximum absolute atomic E-state index is 14.6. The van der Waals surface area contributed by atoms with Crippen molar-refractivity contribution in [2.24, 2.45) is 34.6 Å². The molecule has 8 amide bonds. The van der Waals surface area contributed by atoms with Crippen LogP contribution in [0.15, 0.2) is 30.5 Å². The molecular weight excluding hydrogens is 1170 g/mol. The van der Waals surface area contributed by atoms with Crippen molar-refractivity contribution >= 4 is 92.9 Å². The first kappa shape index (κ1) is 76.8. The Morgan fingerprint density at radius 2 is 1.23 bits per heavy atom. The number of rotatable bonds is 24. The van der Waals surface area contributed by atoms with E-state index in [0.29, 0.717) is 25.7 Å². The van der Waals surface area contributed by atoms with Crippen LogP contribution < -0.4 is 59.5 Å². The molecule has 2 heterocycles. The van der Waals surface area contributed by atoms with Gasteiger partial charge < -0.3 is 53.7 Å². The quantitative estimate of drug-likeness (QED) is 0.0395. The molecule has 91 heavy (non-hydrogen) atoms. The molecule has 3 rings (SSSR count). The second kappa shape index (κ2) is 36.4. The number of hydrazine groups is 1. The van der Waals surface area contributed by atoms with Crippen molar-refractivity contribution in [3.8, 4) is 23.7 Å². The highest BCUT2D eigenvalue weighted by atomic mass is 16.2. The lowest BCUT2D eigenvalue weighted by atomic mass is 9.73. The molecule has 1 aliphatic rings. The average Bonchev–Trinajstić information content (AvgIpc) is 1.91. The normalized spacial score (nSPS) is 23.1. The molecular formula is C65H94N12O14. The first-order chi connectivity index (χ1) is 42.6. The summed E-state index contributed by atoms with van der Waals surface area (Å²) >= 11 is 0. The number of hydrogen-bond acceptors (Lipinski definition) is 17. The van der Waals surface area contributed by atoms with Gasteiger partial charge in [-0.25, -0.2) is 10.9 Å². The average molecular weight is 1270 g/mol. The maximum atomic E-state index is 14.6. The SMILES string of the molecule is CC(=O)C[C@]1(C)CCCCC#CC#CCCC[C@@](C)(C(=O)NC(C)C(=O)N[C@@H](C)C(=O)NC(C)C(=O)N[C@@H](C)C(=O)C(=O)[C@H](C)NN[C@H](C)C(N)=O)NC(=O)[C@H](CC(C)C)CN[C@@H](CCC(N)=O)C(=O)C(=O)C(C)NC(=O)[C@H](Cc2c[nH]c3ccccc23)CC1=O. The third-order valence-electron chi connectivity index (χ3n) is 16.0. The summed E-state index contributed by atoms with van der Waals surface area (Å²) in [5.41, 5.74) is 14.4. The molecule has 0 spiro atoms. The van der Waals surface area contributed by atoms with E-state index in [0.717, 1.165) is 16.5 Å². The minimum absolute atomic E-state index is 0.0262. The van der Waals surface area contributed by atoms with Crippen LogP contribution in [0.2, 0.25) is 0 Å². The summed E-state index contributed by atoms with van der Waals surface area (Å²) in [7, 11) is 0. The van der Waals surface area contributed by atoms with Crippen molar-refractivity contribution in [1.82, 2.24) is 53.1 Å². The number of amides is 8. The van der Waals surface area contributed by atoms with Crippen molar-refractivity contribution in [3.05, 3.63) is 36.0 Å². The lowest BCUT2D eigenvalue weighted by Gasteiger charge is -2.33. The van der Waals surface area contributed by atoms with Crippen LogP contribution in [-0.2, 0) is 73.5 Å². The van der Waals surface area contributed by atoms with Gasteiger partial charge in [0.2, 0.25) is 70.4 Å². The van der Waals surface area contributed by atoms with Crippen molar-refractivity contribution in [1.29, 1.82) is 0 Å². The van der Waals surface area contributed by atoms with E-state index < -0.39 is 142 Å². The predicted octanol–water partition coefficient (Wildman–Crippen LogP) is 0.940. The molecule has 0 aliphatic carbocycles. The van der Waals surface area contributed by atoms with Crippen LogP contribution in [0.1, 0.15) is 166 Å². The maximum Gasteiger partial charge on any atom is 0.246 e. The Labute approximate surface area is 532 Å². The Bertz CT molecular complexity index is 3150. The molecule has 498 valence electrons. The second-order valence-electron chi connectivity index (χ2n) is 24.8. The number of nitrogens with one attached hydrogen (secondary N) is 10. The van der Waals surface area contributed by atoms with Gasteiger partial charge in [-0.05, 0) is 137 Å². The number of primary amides is 2. The Balaban J connectivity index is 1.91. The van der Waals surface area contributed by atoms with Crippen molar-refractivity contribution in [2.45, 2.75) is 220 Å². The van der Waals surface area contributed by atoms with E-state index >= 15 is 0 Å². The zero-order valence-electron chi connectivity index (χ0n) is 54.5. The van der Waals surface area contributed by atoms with Gasteiger partial charge in [-0.15, -0.1) is 0 Å². The fourth-order valence-electron chi connectivity index (χ4n) is 10.2. The van der Waals surface area contributed by atoms with Crippen molar-refractivity contribution in [2.75, 3.05) is 6.54 Å². The lowest BCUT2D eigenvalue weighted by Crippen LogP contribution is -2.62. The van der Waals surface area contributed by atoms with E-state index in [4.69, 9.17) is 11.5 Å². The van der Waals surface area contributed by atoms with Crippen molar-refractivity contribution < 1.29 is 67.1 Å². The molecule has 1 aromatic carbocycles. The Morgan fingerprint density at radius 1 is 0.670 bits per heavy atom. The standard InChI is InChI=1S/C65H94N12O14/c1-36(2)30-47-35-69-50(26-27-52(66)80)56(84)54(82)39(5)71-61(89)45(31-46-34-68-49-25-21-20-24-48(46)49)32-51(79)64(11,33-37(3)78)28-22-18-16-14-13-15-17-19-23-29-65(12,75-62(47)90)63(91)74-44(10)60(88)73-43(9)59(87)72-42(8)58(86)70-38(4)53(81)55(83)40(6)76-77-41(7)57(67)85/h20-21,24-25,34,36,38-45,47,50,68-69,76-77H,16,18-19,22-23,26-33,35H2,1-12H3,(H2,66,80)(H2,67,85)(H,70,86)(H,71,89)(H,72,87)(H,73,88)(H,74,91)(H,75,90)/t38-,39?,40-,41+,42?,43-,44?,45+,47+,50-,64-,65-/m0/s1. The summed E-state index contributed by atoms with van der Waals surface area (Å²) < 4.78 is 0. The zero-order valence-corrected chi connectivity index (χ0v) is 54.5. The molecule has 0 radical (unpaired) electrons. The third kappa shape index (κ3) is 24.7. The summed E-state index contributed by atoms with van der Waals surface area (Å²) in [5.74, 6) is -1.22. The fraction of sp³-hybridized carbons (Fsp3) is 0.600. The molecule has 3 unspecified atom stereocenters. The molecule has 26 nitrogen and oxygen atoms in total. The molecule has 12 atom stereocenters. The molecule has 14 N–H and O–H groups in total. The topological polar surface area (TPSA) is 415 Å². The summed E-state index contributed by atoms with van der Waals surface area (Å²) in [6.07, 6.45) is 3.20. The number of fused-ring (bicyclic) bond motifs is 1. The number of aromatic nitrogens is 1. The zero-order chi connectivity index (χ0) is 68.5. The number of hydrogen-bond donors (Lipinski definition) is 12.